The van der Waals surface area contributed by atoms with Crippen molar-refractivity contribution < 1.29 is 14.3 Å². The summed E-state index contributed by atoms with van der Waals surface area (Å²) in [6, 6.07) is 8.63. The SMILES string of the molecule is COc1ccc(C(=O)NC(=S)Nc2nc3cc(Cl)c(C)cc3s2)cc1OC. The molecule has 6 nitrogen and oxygen atoms in total. The van der Waals surface area contributed by atoms with E-state index in [0.29, 0.717) is 27.2 Å². The highest BCUT2D eigenvalue weighted by Crippen LogP contribution is 2.30. The van der Waals surface area contributed by atoms with E-state index in [1.165, 1.54) is 25.6 Å². The lowest BCUT2D eigenvalue weighted by Gasteiger charge is -2.10. The molecule has 27 heavy (non-hydrogen) atoms. The Morgan fingerprint density at radius 1 is 1.19 bits per heavy atom. The van der Waals surface area contributed by atoms with Crippen molar-refractivity contribution in [3.05, 3.63) is 46.5 Å². The Morgan fingerprint density at radius 2 is 1.93 bits per heavy atom. The van der Waals surface area contributed by atoms with Crippen LogP contribution in [0.25, 0.3) is 10.2 Å². The van der Waals surface area contributed by atoms with E-state index in [0.717, 1.165) is 15.8 Å². The molecule has 140 valence electrons. The highest BCUT2D eigenvalue weighted by atomic mass is 35.5. The predicted octanol–water partition coefficient (Wildman–Crippen LogP) is 4.40. The van der Waals surface area contributed by atoms with Crippen LogP contribution in [0.2, 0.25) is 5.02 Å². The number of carbonyl (C=O) groups excluding carboxylic acids is 1. The van der Waals surface area contributed by atoms with Gasteiger partial charge in [0.2, 0.25) is 0 Å². The maximum absolute atomic E-state index is 12.4. The van der Waals surface area contributed by atoms with Crippen LogP contribution in [-0.4, -0.2) is 30.2 Å². The molecule has 0 aliphatic heterocycles. The van der Waals surface area contributed by atoms with E-state index >= 15 is 0 Å². The first-order valence-electron chi connectivity index (χ1n) is 7.82. The van der Waals surface area contributed by atoms with Gasteiger partial charge in [0.05, 0.1) is 24.4 Å². The Balaban J connectivity index is 1.71. The van der Waals surface area contributed by atoms with Gasteiger partial charge in [-0.1, -0.05) is 22.9 Å². The molecule has 0 aliphatic rings. The summed E-state index contributed by atoms with van der Waals surface area (Å²) in [5.41, 5.74) is 2.14. The van der Waals surface area contributed by atoms with Crippen molar-refractivity contribution in [1.29, 1.82) is 0 Å². The molecule has 2 aromatic carbocycles. The van der Waals surface area contributed by atoms with Gasteiger partial charge in [-0.2, -0.15) is 0 Å². The van der Waals surface area contributed by atoms with Gasteiger partial charge in [-0.05, 0) is 55.0 Å². The minimum atomic E-state index is -0.367. The lowest BCUT2D eigenvalue weighted by Crippen LogP contribution is -2.34. The second-order valence-electron chi connectivity index (χ2n) is 5.57. The second kappa shape index (κ2) is 8.08. The molecular weight excluding hydrogens is 406 g/mol. The van der Waals surface area contributed by atoms with Crippen molar-refractivity contribution in [1.82, 2.24) is 10.3 Å². The fourth-order valence-electron chi connectivity index (χ4n) is 2.38. The zero-order valence-electron chi connectivity index (χ0n) is 14.8. The third kappa shape index (κ3) is 4.29. The summed E-state index contributed by atoms with van der Waals surface area (Å²) in [6.07, 6.45) is 0. The van der Waals surface area contributed by atoms with Crippen LogP contribution in [-0.2, 0) is 0 Å². The lowest BCUT2D eigenvalue weighted by atomic mass is 10.2. The van der Waals surface area contributed by atoms with Crippen molar-refractivity contribution in [2.24, 2.45) is 0 Å². The molecule has 1 heterocycles. The van der Waals surface area contributed by atoms with Gasteiger partial charge >= 0.3 is 0 Å². The van der Waals surface area contributed by atoms with E-state index < -0.39 is 0 Å². The number of hydrogen-bond acceptors (Lipinski definition) is 6. The maximum Gasteiger partial charge on any atom is 0.257 e. The van der Waals surface area contributed by atoms with Crippen LogP contribution in [0.3, 0.4) is 0 Å². The van der Waals surface area contributed by atoms with E-state index in [9.17, 15) is 4.79 Å². The summed E-state index contributed by atoms with van der Waals surface area (Å²) in [5, 5.41) is 6.94. The van der Waals surface area contributed by atoms with Gasteiger partial charge < -0.3 is 14.8 Å². The number of fused-ring (bicyclic) bond motifs is 1. The number of rotatable bonds is 4. The van der Waals surface area contributed by atoms with E-state index in [1.54, 1.807) is 24.3 Å². The lowest BCUT2D eigenvalue weighted by molar-refractivity contribution is 0.0977. The number of halogens is 1. The monoisotopic (exact) mass is 421 g/mol. The van der Waals surface area contributed by atoms with Gasteiger partial charge in [0, 0.05) is 10.6 Å². The molecule has 0 bridgehead atoms. The van der Waals surface area contributed by atoms with Gasteiger partial charge in [-0.25, -0.2) is 4.98 Å². The van der Waals surface area contributed by atoms with Gasteiger partial charge in [0.25, 0.3) is 5.91 Å². The molecule has 0 saturated carbocycles. The number of benzene rings is 2. The highest BCUT2D eigenvalue weighted by Gasteiger charge is 2.13. The number of methoxy groups -OCH3 is 2. The molecule has 0 atom stereocenters. The fourth-order valence-corrected chi connectivity index (χ4v) is 3.75. The first-order chi connectivity index (χ1) is 12.9. The first-order valence-corrected chi connectivity index (χ1v) is 9.42. The molecule has 0 fully saturated rings. The quantitative estimate of drug-likeness (QED) is 0.608. The smallest absolute Gasteiger partial charge is 0.257 e. The molecule has 2 N–H and O–H groups in total. The van der Waals surface area contributed by atoms with E-state index in [-0.39, 0.29) is 11.0 Å². The standard InChI is InChI=1S/C18H16ClN3O3S2/c1-9-6-15-12(8-11(9)19)20-18(27-15)22-17(26)21-16(23)10-4-5-13(24-2)14(7-10)25-3/h4-8H,1-3H3,(H2,20,21,22,23,26). The van der Waals surface area contributed by atoms with Gasteiger partial charge in [0.1, 0.15) is 0 Å². The Hall–Kier alpha value is -2.42. The number of anilines is 1. The molecule has 0 saturated heterocycles. The van der Waals surface area contributed by atoms with Crippen LogP contribution < -0.4 is 20.1 Å². The van der Waals surface area contributed by atoms with Gasteiger partial charge in [-0.3, -0.25) is 10.1 Å². The average Bonchev–Trinajstić information content (AvgIpc) is 3.01. The number of aryl methyl sites for hydroxylation is 1. The van der Waals surface area contributed by atoms with Crippen molar-refractivity contribution in [2.75, 3.05) is 19.5 Å². The maximum atomic E-state index is 12.4. The molecule has 1 aromatic heterocycles. The van der Waals surface area contributed by atoms with Crippen LogP contribution in [0.5, 0.6) is 11.5 Å². The molecule has 0 radical (unpaired) electrons. The highest BCUT2D eigenvalue weighted by molar-refractivity contribution is 7.80. The third-order valence-electron chi connectivity index (χ3n) is 3.76. The number of aromatic nitrogens is 1. The van der Waals surface area contributed by atoms with Gasteiger partial charge in [-0.15, -0.1) is 0 Å². The van der Waals surface area contributed by atoms with Crippen LogP contribution in [0.1, 0.15) is 15.9 Å². The number of hydrogen-bond donors (Lipinski definition) is 2. The Morgan fingerprint density at radius 3 is 2.63 bits per heavy atom. The second-order valence-corrected chi connectivity index (χ2v) is 7.41. The first kappa shape index (κ1) is 19.3. The normalized spacial score (nSPS) is 10.5. The minimum Gasteiger partial charge on any atom is -0.493 e. The van der Waals surface area contributed by atoms with Gasteiger partial charge in [0.15, 0.2) is 21.7 Å². The minimum absolute atomic E-state index is 0.150. The van der Waals surface area contributed by atoms with Crippen molar-refractivity contribution in [2.45, 2.75) is 6.92 Å². The summed E-state index contributed by atoms with van der Waals surface area (Å²) < 4.78 is 11.4. The molecule has 1 amide bonds. The Bertz CT molecular complexity index is 997. The van der Waals surface area contributed by atoms with Crippen LogP contribution in [0.4, 0.5) is 5.13 Å². The summed E-state index contributed by atoms with van der Waals surface area (Å²) in [6.45, 7) is 1.93. The zero-order chi connectivity index (χ0) is 19.6. The molecule has 3 rings (SSSR count). The molecule has 0 spiro atoms. The number of thiazole rings is 1. The summed E-state index contributed by atoms with van der Waals surface area (Å²) in [4.78, 5) is 16.8. The summed E-state index contributed by atoms with van der Waals surface area (Å²) >= 11 is 12.8. The van der Waals surface area contributed by atoms with Crippen LogP contribution >= 0.6 is 35.2 Å². The summed E-state index contributed by atoms with van der Waals surface area (Å²) in [7, 11) is 3.04. The number of amides is 1. The van der Waals surface area contributed by atoms with Crippen molar-refractivity contribution in [3.63, 3.8) is 0 Å². The predicted molar refractivity (Wildman–Crippen MR) is 113 cm³/mol. The topological polar surface area (TPSA) is 72.5 Å². The van der Waals surface area contributed by atoms with E-state index in [4.69, 9.17) is 33.3 Å². The number of nitrogens with zero attached hydrogens (tertiary/aromatic N) is 1. The molecular formula is C18H16ClN3O3S2. The molecule has 0 unspecified atom stereocenters. The van der Waals surface area contributed by atoms with E-state index in [2.05, 4.69) is 15.6 Å². The zero-order valence-corrected chi connectivity index (χ0v) is 17.1. The van der Waals surface area contributed by atoms with Crippen molar-refractivity contribution >= 4 is 61.5 Å². The molecule has 9 heteroatoms. The molecule has 3 aromatic rings. The average molecular weight is 422 g/mol. The van der Waals surface area contributed by atoms with E-state index in [1.807, 2.05) is 13.0 Å². The molecule has 0 aliphatic carbocycles. The third-order valence-corrected chi connectivity index (χ3v) is 5.31. The number of thiocarbonyl (C=S) groups is 1. The van der Waals surface area contributed by atoms with Crippen LogP contribution in [0, 0.1) is 6.92 Å². The number of ether oxygens (including phenoxy) is 2. The summed E-state index contributed by atoms with van der Waals surface area (Å²) in [5.74, 6) is 0.633. The van der Waals surface area contributed by atoms with Crippen molar-refractivity contribution in [3.8, 4) is 11.5 Å². The fraction of sp³-hybridized carbons (Fsp3) is 0.167. The number of carbonyl (C=O) groups is 1. The number of nitrogens with one attached hydrogen (secondary N) is 2. The van der Waals surface area contributed by atoms with Crippen LogP contribution in [0.15, 0.2) is 30.3 Å². The Kier molecular flexibility index (Phi) is 5.79. The largest absolute Gasteiger partial charge is 0.493 e. The Labute approximate surface area is 170 Å².